The molecule has 19 heavy (non-hydrogen) atoms. The highest BCUT2D eigenvalue weighted by Crippen LogP contribution is 2.10. The summed E-state index contributed by atoms with van der Waals surface area (Å²) in [5.41, 5.74) is 6.84. The van der Waals surface area contributed by atoms with Gasteiger partial charge < -0.3 is 0 Å². The van der Waals surface area contributed by atoms with Gasteiger partial charge >= 0.3 is 0 Å². The van der Waals surface area contributed by atoms with E-state index in [2.05, 4.69) is 53.7 Å². The zero-order valence-corrected chi connectivity index (χ0v) is 11.3. The smallest absolute Gasteiger partial charge is 0.0270 e. The molecule has 1 atom stereocenters. The Morgan fingerprint density at radius 2 is 1.74 bits per heavy atom. The summed E-state index contributed by atoms with van der Waals surface area (Å²) >= 11 is 0. The first kappa shape index (κ1) is 13.7. The number of hydrogen-bond donors (Lipinski definition) is 2. The lowest BCUT2D eigenvalue weighted by molar-refractivity contribution is 0.491. The van der Waals surface area contributed by atoms with Gasteiger partial charge in [0.1, 0.15) is 0 Å². The van der Waals surface area contributed by atoms with Crippen molar-refractivity contribution >= 4 is 0 Å². The van der Waals surface area contributed by atoms with Crippen molar-refractivity contribution in [1.29, 1.82) is 0 Å². The molecule has 0 amide bonds. The number of nitrogens with two attached hydrogens (primary N) is 1. The molecule has 3 N–H and O–H groups in total. The van der Waals surface area contributed by atoms with Crippen LogP contribution in [0.2, 0.25) is 0 Å². The van der Waals surface area contributed by atoms with E-state index in [4.69, 9.17) is 5.84 Å². The number of nitrogens with one attached hydrogen (secondary N) is 1. The van der Waals surface area contributed by atoms with Crippen LogP contribution in [0, 0.1) is 6.92 Å². The second-order valence-corrected chi connectivity index (χ2v) is 4.95. The number of nitrogens with zero attached hydrogens (tertiary/aromatic N) is 1. The Balaban J connectivity index is 1.88. The Morgan fingerprint density at radius 1 is 1.05 bits per heavy atom. The number of hydrogen-bond acceptors (Lipinski definition) is 3. The molecule has 0 aliphatic carbocycles. The Labute approximate surface area is 114 Å². The molecule has 0 aliphatic rings. The van der Waals surface area contributed by atoms with E-state index >= 15 is 0 Å². The third kappa shape index (κ3) is 4.47. The molecule has 1 heterocycles. The average molecular weight is 255 g/mol. The van der Waals surface area contributed by atoms with Crippen LogP contribution in [0.4, 0.5) is 0 Å². The minimum absolute atomic E-state index is 0.302. The summed E-state index contributed by atoms with van der Waals surface area (Å²) < 4.78 is 0. The van der Waals surface area contributed by atoms with Crippen molar-refractivity contribution < 1.29 is 0 Å². The van der Waals surface area contributed by atoms with Crippen LogP contribution in [-0.2, 0) is 12.8 Å². The van der Waals surface area contributed by atoms with Crippen molar-refractivity contribution in [3.05, 3.63) is 65.5 Å². The highest BCUT2D eigenvalue weighted by Gasteiger charge is 2.08. The minimum atomic E-state index is 0.302. The summed E-state index contributed by atoms with van der Waals surface area (Å²) in [5.74, 6) is 5.65. The Morgan fingerprint density at radius 3 is 2.37 bits per heavy atom. The third-order valence-corrected chi connectivity index (χ3v) is 3.37. The molecule has 1 aromatic carbocycles. The molecule has 1 unspecified atom stereocenters. The molecular formula is C16H21N3. The summed E-state index contributed by atoms with van der Waals surface area (Å²) in [6, 6.07) is 13.0. The molecule has 0 saturated carbocycles. The van der Waals surface area contributed by atoms with Crippen LogP contribution in [0.3, 0.4) is 0 Å². The molecule has 0 saturated heterocycles. The van der Waals surface area contributed by atoms with Crippen LogP contribution < -0.4 is 11.3 Å². The molecule has 0 radical (unpaired) electrons. The van der Waals surface area contributed by atoms with Gasteiger partial charge in [0.15, 0.2) is 0 Å². The van der Waals surface area contributed by atoms with Crippen LogP contribution >= 0.6 is 0 Å². The van der Waals surface area contributed by atoms with Gasteiger partial charge in [-0.2, -0.15) is 0 Å². The fourth-order valence-corrected chi connectivity index (χ4v) is 2.14. The predicted molar refractivity (Wildman–Crippen MR) is 78.6 cm³/mol. The Kier molecular flexibility index (Phi) is 5.07. The van der Waals surface area contributed by atoms with Gasteiger partial charge in [-0.3, -0.25) is 16.3 Å². The maximum atomic E-state index is 5.65. The van der Waals surface area contributed by atoms with Crippen LogP contribution in [0.15, 0.2) is 48.8 Å². The first-order chi connectivity index (χ1) is 9.28. The molecular weight excluding hydrogens is 234 g/mol. The normalized spacial score (nSPS) is 12.3. The lowest BCUT2D eigenvalue weighted by atomic mass is 9.99. The molecule has 3 heteroatoms. The van der Waals surface area contributed by atoms with E-state index in [9.17, 15) is 0 Å². The topological polar surface area (TPSA) is 50.9 Å². The molecule has 2 aromatic rings. The van der Waals surface area contributed by atoms with Crippen molar-refractivity contribution in [2.24, 2.45) is 5.84 Å². The first-order valence-electron chi connectivity index (χ1n) is 6.68. The average Bonchev–Trinajstić information content (AvgIpc) is 2.46. The fraction of sp³-hybridized carbons (Fsp3) is 0.312. The molecule has 0 aliphatic heterocycles. The summed E-state index contributed by atoms with van der Waals surface area (Å²) in [6.07, 6.45) is 6.67. The van der Waals surface area contributed by atoms with Gasteiger partial charge in [0, 0.05) is 18.4 Å². The van der Waals surface area contributed by atoms with E-state index in [1.165, 1.54) is 16.7 Å². The van der Waals surface area contributed by atoms with Gasteiger partial charge in [-0.25, -0.2) is 0 Å². The molecule has 0 fully saturated rings. The van der Waals surface area contributed by atoms with Crippen molar-refractivity contribution in [2.45, 2.75) is 32.2 Å². The van der Waals surface area contributed by atoms with Gasteiger partial charge in [-0.05, 0) is 49.4 Å². The number of aryl methyl sites for hydroxylation is 2. The summed E-state index contributed by atoms with van der Waals surface area (Å²) in [4.78, 5) is 4.03. The van der Waals surface area contributed by atoms with Gasteiger partial charge in [-0.1, -0.05) is 29.8 Å². The molecule has 2 rings (SSSR count). The highest BCUT2D eigenvalue weighted by molar-refractivity contribution is 5.22. The van der Waals surface area contributed by atoms with Crippen molar-refractivity contribution in [2.75, 3.05) is 0 Å². The van der Waals surface area contributed by atoms with E-state index in [1.54, 1.807) is 0 Å². The summed E-state index contributed by atoms with van der Waals surface area (Å²) in [7, 11) is 0. The second kappa shape index (κ2) is 7.02. The van der Waals surface area contributed by atoms with Crippen LogP contribution in [0.1, 0.15) is 23.1 Å². The minimum Gasteiger partial charge on any atom is -0.271 e. The molecule has 0 spiro atoms. The highest BCUT2D eigenvalue weighted by atomic mass is 15.2. The zero-order chi connectivity index (χ0) is 13.5. The molecule has 3 nitrogen and oxygen atoms in total. The fourth-order valence-electron chi connectivity index (χ4n) is 2.14. The quantitative estimate of drug-likeness (QED) is 0.615. The summed E-state index contributed by atoms with van der Waals surface area (Å²) in [5, 5.41) is 0. The van der Waals surface area contributed by atoms with E-state index in [0.717, 1.165) is 19.3 Å². The molecule has 0 bridgehead atoms. The van der Waals surface area contributed by atoms with Gasteiger partial charge in [-0.15, -0.1) is 0 Å². The zero-order valence-electron chi connectivity index (χ0n) is 11.3. The lowest BCUT2D eigenvalue weighted by Gasteiger charge is -2.16. The van der Waals surface area contributed by atoms with Gasteiger partial charge in [0.25, 0.3) is 0 Å². The van der Waals surface area contributed by atoms with Crippen molar-refractivity contribution in [3.63, 3.8) is 0 Å². The predicted octanol–water partition coefficient (Wildman–Crippen LogP) is 2.40. The number of aromatic nitrogens is 1. The molecule has 100 valence electrons. The lowest BCUT2D eigenvalue weighted by Crippen LogP contribution is -2.37. The Hall–Kier alpha value is -1.71. The van der Waals surface area contributed by atoms with Crippen molar-refractivity contribution in [3.8, 4) is 0 Å². The maximum absolute atomic E-state index is 5.65. The SMILES string of the molecule is Cc1ccc(CC(CCc2ccncc2)NN)cc1. The van der Waals surface area contributed by atoms with Crippen molar-refractivity contribution in [1.82, 2.24) is 10.4 Å². The number of hydrazine groups is 1. The summed E-state index contributed by atoms with van der Waals surface area (Å²) in [6.45, 7) is 2.10. The first-order valence-corrected chi connectivity index (χ1v) is 6.68. The monoisotopic (exact) mass is 255 g/mol. The van der Waals surface area contributed by atoms with Crippen LogP contribution in [-0.4, -0.2) is 11.0 Å². The third-order valence-electron chi connectivity index (χ3n) is 3.37. The van der Waals surface area contributed by atoms with E-state index in [-0.39, 0.29) is 0 Å². The standard InChI is InChI=1S/C16H21N3/c1-13-2-4-15(5-3-13)12-16(19-17)7-6-14-8-10-18-11-9-14/h2-5,8-11,16,19H,6-7,12,17H2,1H3. The van der Waals surface area contributed by atoms with E-state index < -0.39 is 0 Å². The molecule has 1 aromatic heterocycles. The van der Waals surface area contributed by atoms with Gasteiger partial charge in [0.05, 0.1) is 0 Å². The van der Waals surface area contributed by atoms with E-state index in [0.29, 0.717) is 6.04 Å². The van der Waals surface area contributed by atoms with Crippen LogP contribution in [0.5, 0.6) is 0 Å². The van der Waals surface area contributed by atoms with E-state index in [1.807, 2.05) is 12.4 Å². The second-order valence-electron chi connectivity index (χ2n) is 4.95. The maximum Gasteiger partial charge on any atom is 0.0270 e. The number of benzene rings is 1. The largest absolute Gasteiger partial charge is 0.271 e. The number of rotatable bonds is 6. The Bertz CT molecular complexity index is 479. The van der Waals surface area contributed by atoms with Crippen LogP contribution in [0.25, 0.3) is 0 Å². The van der Waals surface area contributed by atoms with Gasteiger partial charge in [0.2, 0.25) is 0 Å². The number of pyridine rings is 1.